The molecule has 23 heavy (non-hydrogen) atoms. The molecule has 0 atom stereocenters. The van der Waals surface area contributed by atoms with Gasteiger partial charge in [0, 0.05) is 21.4 Å². The predicted molar refractivity (Wildman–Crippen MR) is 94.1 cm³/mol. The highest BCUT2D eigenvalue weighted by Crippen LogP contribution is 2.37. The molecule has 0 saturated heterocycles. The van der Waals surface area contributed by atoms with E-state index in [1.165, 1.54) is 0 Å². The van der Waals surface area contributed by atoms with Gasteiger partial charge in [0.05, 0.1) is 22.3 Å². The average Bonchev–Trinajstić information content (AvgIpc) is 3.01. The van der Waals surface area contributed by atoms with Crippen molar-refractivity contribution in [3.63, 3.8) is 0 Å². The summed E-state index contributed by atoms with van der Waals surface area (Å²) in [5, 5.41) is 9.58. The van der Waals surface area contributed by atoms with E-state index in [9.17, 15) is 4.79 Å². The second-order valence-corrected chi connectivity index (χ2v) is 6.03. The number of aromatic amines is 2. The van der Waals surface area contributed by atoms with Gasteiger partial charge in [0.25, 0.3) is 5.56 Å². The lowest BCUT2D eigenvalue weighted by Gasteiger charge is -2.11. The topological polar surface area (TPSA) is 87.6 Å². The average molecular weight is 345 g/mol. The number of benzene rings is 2. The highest BCUT2D eigenvalue weighted by atomic mass is 35.5. The van der Waals surface area contributed by atoms with Gasteiger partial charge in [-0.05, 0) is 23.8 Å². The van der Waals surface area contributed by atoms with Crippen LogP contribution in [-0.2, 0) is 0 Å². The molecular weight excluding hydrogens is 335 g/mol. The Morgan fingerprint density at radius 2 is 1.91 bits per heavy atom. The first-order valence-corrected chi connectivity index (χ1v) is 7.55. The van der Waals surface area contributed by atoms with E-state index in [1.54, 1.807) is 24.4 Å². The first-order chi connectivity index (χ1) is 11.1. The molecule has 0 amide bonds. The van der Waals surface area contributed by atoms with E-state index in [0.717, 1.165) is 16.3 Å². The van der Waals surface area contributed by atoms with Crippen LogP contribution in [0.5, 0.6) is 0 Å². The van der Waals surface area contributed by atoms with Gasteiger partial charge in [0.15, 0.2) is 0 Å². The number of pyridine rings is 1. The number of hydrogen-bond acceptors (Lipinski definition) is 3. The number of nitrogens with two attached hydrogens (primary N) is 1. The number of fused-ring (bicyclic) bond motifs is 2. The van der Waals surface area contributed by atoms with Gasteiger partial charge in [-0.25, -0.2) is 0 Å². The molecule has 0 radical (unpaired) electrons. The molecule has 0 saturated carbocycles. The number of hydrogen-bond donors (Lipinski definition) is 3. The van der Waals surface area contributed by atoms with Gasteiger partial charge in [0.2, 0.25) is 0 Å². The van der Waals surface area contributed by atoms with Gasteiger partial charge in [-0.15, -0.1) is 0 Å². The zero-order chi connectivity index (χ0) is 16.1. The number of nitrogens with zero attached hydrogens (tertiary/aromatic N) is 1. The Hall–Kier alpha value is -2.50. The summed E-state index contributed by atoms with van der Waals surface area (Å²) in [5.74, 6) is 0. The van der Waals surface area contributed by atoms with Crippen molar-refractivity contribution in [2.45, 2.75) is 0 Å². The molecule has 0 aliphatic carbocycles. The van der Waals surface area contributed by atoms with Crippen LogP contribution in [0.15, 0.2) is 41.3 Å². The van der Waals surface area contributed by atoms with Gasteiger partial charge >= 0.3 is 0 Å². The summed E-state index contributed by atoms with van der Waals surface area (Å²) in [4.78, 5) is 15.0. The van der Waals surface area contributed by atoms with Gasteiger partial charge in [-0.1, -0.05) is 35.3 Å². The molecule has 0 bridgehead atoms. The Kier molecular flexibility index (Phi) is 3.07. The Morgan fingerprint density at radius 1 is 1.09 bits per heavy atom. The van der Waals surface area contributed by atoms with Crippen LogP contribution in [0.2, 0.25) is 10.0 Å². The molecule has 0 fully saturated rings. The van der Waals surface area contributed by atoms with Crippen LogP contribution < -0.4 is 11.3 Å². The van der Waals surface area contributed by atoms with E-state index >= 15 is 0 Å². The van der Waals surface area contributed by atoms with Crippen molar-refractivity contribution >= 4 is 50.7 Å². The van der Waals surface area contributed by atoms with Crippen LogP contribution >= 0.6 is 23.2 Å². The van der Waals surface area contributed by atoms with E-state index < -0.39 is 0 Å². The molecular formula is C16H10Cl2N4O. The normalized spacial score (nSPS) is 11.4. The number of halogens is 2. The van der Waals surface area contributed by atoms with Crippen molar-refractivity contribution in [1.82, 2.24) is 15.2 Å². The van der Waals surface area contributed by atoms with E-state index in [1.807, 2.05) is 12.1 Å². The van der Waals surface area contributed by atoms with E-state index in [2.05, 4.69) is 15.2 Å². The van der Waals surface area contributed by atoms with E-state index in [4.69, 9.17) is 28.9 Å². The largest absolute Gasteiger partial charge is 0.394 e. The molecule has 0 unspecified atom stereocenters. The molecule has 4 N–H and O–H groups in total. The Balaban J connectivity index is 2.20. The Labute approximate surface area is 140 Å². The zero-order valence-corrected chi connectivity index (χ0v) is 13.2. The third-order valence-corrected chi connectivity index (χ3v) is 4.40. The Bertz CT molecular complexity index is 1130. The lowest BCUT2D eigenvalue weighted by molar-refractivity contribution is 1.12. The molecule has 114 valence electrons. The molecule has 4 aromatic rings. The van der Waals surface area contributed by atoms with Gasteiger partial charge < -0.3 is 10.7 Å². The molecule has 0 spiro atoms. The van der Waals surface area contributed by atoms with Crippen molar-refractivity contribution in [3.05, 3.63) is 56.9 Å². The van der Waals surface area contributed by atoms with E-state index in [0.29, 0.717) is 26.6 Å². The zero-order valence-electron chi connectivity index (χ0n) is 11.7. The number of nitrogen functional groups attached to an aromatic ring is 1. The van der Waals surface area contributed by atoms with Crippen LogP contribution in [-0.4, -0.2) is 15.2 Å². The standard InChI is InChI=1S/C16H10Cl2N4O/c17-7-1-2-9-12(5-7)21-16(23)14(19)13(9)8-3-4-11(18)15-10(8)6-20-22-15/h1-6H,19H2,(H,20,22)(H,21,23). The van der Waals surface area contributed by atoms with E-state index in [-0.39, 0.29) is 11.2 Å². The summed E-state index contributed by atoms with van der Waals surface area (Å²) in [7, 11) is 0. The molecule has 2 aromatic carbocycles. The van der Waals surface area contributed by atoms with Crippen LogP contribution in [0.4, 0.5) is 5.69 Å². The molecule has 5 nitrogen and oxygen atoms in total. The monoisotopic (exact) mass is 344 g/mol. The van der Waals surface area contributed by atoms with Crippen LogP contribution in [0.1, 0.15) is 0 Å². The molecule has 0 aliphatic rings. The van der Waals surface area contributed by atoms with Crippen molar-refractivity contribution in [3.8, 4) is 11.1 Å². The van der Waals surface area contributed by atoms with Crippen LogP contribution in [0.25, 0.3) is 32.9 Å². The molecule has 2 heterocycles. The first-order valence-electron chi connectivity index (χ1n) is 6.79. The fraction of sp³-hybridized carbons (Fsp3) is 0. The fourth-order valence-corrected chi connectivity index (χ4v) is 3.18. The SMILES string of the molecule is Nc1c(-c2ccc(Cl)c3[nH]ncc23)c2ccc(Cl)cc2[nH]c1=O. The maximum Gasteiger partial charge on any atom is 0.272 e. The van der Waals surface area contributed by atoms with Gasteiger partial charge in [-0.3, -0.25) is 9.89 Å². The number of rotatable bonds is 1. The quantitative estimate of drug-likeness (QED) is 0.488. The minimum atomic E-state index is -0.360. The minimum absolute atomic E-state index is 0.143. The second kappa shape index (κ2) is 5.01. The summed E-state index contributed by atoms with van der Waals surface area (Å²) in [6.45, 7) is 0. The summed E-state index contributed by atoms with van der Waals surface area (Å²) >= 11 is 12.2. The third-order valence-electron chi connectivity index (χ3n) is 3.85. The van der Waals surface area contributed by atoms with Gasteiger partial charge in [-0.2, -0.15) is 5.10 Å². The highest BCUT2D eigenvalue weighted by Gasteiger charge is 2.16. The Morgan fingerprint density at radius 3 is 2.74 bits per heavy atom. The molecule has 0 aliphatic heterocycles. The number of nitrogens with one attached hydrogen (secondary N) is 2. The smallest absolute Gasteiger partial charge is 0.272 e. The number of anilines is 1. The summed E-state index contributed by atoms with van der Waals surface area (Å²) in [5.41, 5.74) is 8.61. The lowest BCUT2D eigenvalue weighted by Crippen LogP contribution is -2.13. The van der Waals surface area contributed by atoms with Crippen molar-refractivity contribution in [1.29, 1.82) is 0 Å². The summed E-state index contributed by atoms with van der Waals surface area (Å²) in [6, 6.07) is 8.87. The third kappa shape index (κ3) is 2.09. The first kappa shape index (κ1) is 14.1. The maximum atomic E-state index is 12.2. The fourth-order valence-electron chi connectivity index (χ4n) is 2.80. The summed E-state index contributed by atoms with van der Waals surface area (Å²) in [6.07, 6.45) is 1.67. The molecule has 7 heteroatoms. The maximum absolute atomic E-state index is 12.2. The van der Waals surface area contributed by atoms with Crippen molar-refractivity contribution in [2.75, 3.05) is 5.73 Å². The van der Waals surface area contributed by atoms with Gasteiger partial charge in [0.1, 0.15) is 5.69 Å². The number of H-pyrrole nitrogens is 2. The second-order valence-electron chi connectivity index (χ2n) is 5.19. The van der Waals surface area contributed by atoms with Crippen LogP contribution in [0.3, 0.4) is 0 Å². The van der Waals surface area contributed by atoms with Crippen molar-refractivity contribution < 1.29 is 0 Å². The predicted octanol–water partition coefficient (Wildman–Crippen LogP) is 3.96. The molecule has 2 aromatic heterocycles. The molecule has 4 rings (SSSR count). The van der Waals surface area contributed by atoms with Crippen molar-refractivity contribution in [2.24, 2.45) is 0 Å². The number of aromatic nitrogens is 3. The summed E-state index contributed by atoms with van der Waals surface area (Å²) < 4.78 is 0. The minimum Gasteiger partial charge on any atom is -0.394 e. The van der Waals surface area contributed by atoms with Crippen LogP contribution in [0, 0.1) is 0 Å². The lowest BCUT2D eigenvalue weighted by atomic mass is 9.97. The highest BCUT2D eigenvalue weighted by molar-refractivity contribution is 6.35.